The number of hydrogen-bond donors (Lipinski definition) is 1. The lowest BCUT2D eigenvalue weighted by molar-refractivity contribution is -0.120. The van der Waals surface area contributed by atoms with Crippen molar-refractivity contribution in [3.05, 3.63) is 71.8 Å². The number of hydrogen-bond acceptors (Lipinski definition) is 1. The van der Waals surface area contributed by atoms with Gasteiger partial charge in [0.2, 0.25) is 5.91 Å². The molecule has 0 saturated heterocycles. The van der Waals surface area contributed by atoms with Crippen LogP contribution in [-0.2, 0) is 4.79 Å². The highest BCUT2D eigenvalue weighted by molar-refractivity contribution is 6.30. The molecule has 104 valence electrons. The van der Waals surface area contributed by atoms with Crippen LogP contribution < -0.4 is 5.32 Å². The second-order valence-corrected chi connectivity index (χ2v) is 5.27. The third-order valence-corrected chi connectivity index (χ3v) is 3.72. The highest BCUT2D eigenvalue weighted by Crippen LogP contribution is 2.20. The molecule has 0 aromatic heterocycles. The van der Waals surface area contributed by atoms with Crippen molar-refractivity contribution in [1.82, 2.24) is 5.32 Å². The first-order chi connectivity index (χ1) is 9.68. The third-order valence-electron chi connectivity index (χ3n) is 3.27. The van der Waals surface area contributed by atoms with Crippen molar-refractivity contribution in [3.8, 4) is 0 Å². The van der Waals surface area contributed by atoms with Crippen LogP contribution in [0.4, 0.5) is 0 Å². The van der Waals surface area contributed by atoms with Crippen molar-refractivity contribution in [3.63, 3.8) is 0 Å². The second kappa shape index (κ2) is 7.11. The standard InChI is InChI=1S/C17H18ClNO/c1-13(14-8-4-2-5-9-14)12-19-17(20)16(18)15-10-6-3-7-11-15/h2-11,13,16H,12H2,1H3,(H,19,20). The molecule has 0 aliphatic heterocycles. The highest BCUT2D eigenvalue weighted by Gasteiger charge is 2.17. The van der Waals surface area contributed by atoms with Gasteiger partial charge >= 0.3 is 0 Å². The summed E-state index contributed by atoms with van der Waals surface area (Å²) in [7, 11) is 0. The Hall–Kier alpha value is -1.80. The first-order valence-electron chi connectivity index (χ1n) is 6.70. The van der Waals surface area contributed by atoms with Gasteiger partial charge in [0.15, 0.2) is 0 Å². The minimum Gasteiger partial charge on any atom is -0.354 e. The maximum absolute atomic E-state index is 12.0. The zero-order chi connectivity index (χ0) is 14.4. The fraction of sp³-hybridized carbons (Fsp3) is 0.235. The summed E-state index contributed by atoms with van der Waals surface area (Å²) in [4.78, 5) is 12.0. The first kappa shape index (κ1) is 14.6. The molecule has 2 nitrogen and oxygen atoms in total. The van der Waals surface area contributed by atoms with Gasteiger partial charge in [-0.05, 0) is 17.0 Å². The molecule has 2 rings (SSSR count). The maximum Gasteiger partial charge on any atom is 0.242 e. The number of rotatable bonds is 5. The Morgan fingerprint density at radius 2 is 1.50 bits per heavy atom. The maximum atomic E-state index is 12.0. The lowest BCUT2D eigenvalue weighted by atomic mass is 10.0. The van der Waals surface area contributed by atoms with Crippen LogP contribution in [0.25, 0.3) is 0 Å². The van der Waals surface area contributed by atoms with Gasteiger partial charge in [-0.1, -0.05) is 67.6 Å². The van der Waals surface area contributed by atoms with E-state index in [2.05, 4.69) is 24.4 Å². The van der Waals surface area contributed by atoms with Gasteiger partial charge in [0.05, 0.1) is 0 Å². The minimum atomic E-state index is -0.640. The minimum absolute atomic E-state index is 0.152. The number of amides is 1. The van der Waals surface area contributed by atoms with Crippen LogP contribution in [0.5, 0.6) is 0 Å². The normalized spacial score (nSPS) is 13.5. The molecule has 2 aromatic rings. The van der Waals surface area contributed by atoms with Crippen LogP contribution in [0.1, 0.15) is 29.3 Å². The van der Waals surface area contributed by atoms with E-state index in [0.29, 0.717) is 6.54 Å². The van der Waals surface area contributed by atoms with Gasteiger partial charge in [-0.15, -0.1) is 11.6 Å². The largest absolute Gasteiger partial charge is 0.354 e. The zero-order valence-corrected chi connectivity index (χ0v) is 12.2. The molecule has 0 radical (unpaired) electrons. The van der Waals surface area contributed by atoms with Crippen molar-refractivity contribution in [2.24, 2.45) is 0 Å². The summed E-state index contributed by atoms with van der Waals surface area (Å²) >= 11 is 6.17. The molecule has 1 amide bonds. The smallest absolute Gasteiger partial charge is 0.242 e. The molecule has 20 heavy (non-hydrogen) atoms. The average Bonchev–Trinajstić information content (AvgIpc) is 2.53. The topological polar surface area (TPSA) is 29.1 Å². The molecule has 2 unspecified atom stereocenters. The molecule has 0 bridgehead atoms. The van der Waals surface area contributed by atoms with Gasteiger partial charge in [-0.25, -0.2) is 0 Å². The zero-order valence-electron chi connectivity index (χ0n) is 11.4. The van der Waals surface area contributed by atoms with E-state index in [-0.39, 0.29) is 11.8 Å². The Balaban J connectivity index is 1.89. The van der Waals surface area contributed by atoms with Gasteiger partial charge in [0.1, 0.15) is 5.38 Å². The van der Waals surface area contributed by atoms with Crippen LogP contribution in [0.2, 0.25) is 0 Å². The average molecular weight is 288 g/mol. The van der Waals surface area contributed by atoms with E-state index < -0.39 is 5.38 Å². The number of carbonyl (C=O) groups is 1. The Morgan fingerprint density at radius 1 is 1.00 bits per heavy atom. The van der Waals surface area contributed by atoms with E-state index in [4.69, 9.17) is 11.6 Å². The van der Waals surface area contributed by atoms with E-state index in [1.165, 1.54) is 5.56 Å². The predicted molar refractivity (Wildman–Crippen MR) is 82.9 cm³/mol. The lowest BCUT2D eigenvalue weighted by Gasteiger charge is -2.15. The lowest BCUT2D eigenvalue weighted by Crippen LogP contribution is -2.30. The quantitative estimate of drug-likeness (QED) is 0.831. The second-order valence-electron chi connectivity index (χ2n) is 4.83. The molecule has 0 aliphatic rings. The van der Waals surface area contributed by atoms with Crippen molar-refractivity contribution < 1.29 is 4.79 Å². The number of nitrogens with one attached hydrogen (secondary N) is 1. The summed E-state index contributed by atoms with van der Waals surface area (Å²) in [6.07, 6.45) is 0. The number of alkyl halides is 1. The summed E-state index contributed by atoms with van der Waals surface area (Å²) in [5, 5.41) is 2.27. The van der Waals surface area contributed by atoms with Crippen LogP contribution in [0.3, 0.4) is 0 Å². The molecule has 0 aliphatic carbocycles. The summed E-state index contributed by atoms with van der Waals surface area (Å²) in [5.74, 6) is 0.112. The SMILES string of the molecule is CC(CNC(=O)C(Cl)c1ccccc1)c1ccccc1. The van der Waals surface area contributed by atoms with Gasteiger partial charge in [0, 0.05) is 6.54 Å². The van der Waals surface area contributed by atoms with Gasteiger partial charge in [-0.3, -0.25) is 4.79 Å². The van der Waals surface area contributed by atoms with E-state index in [1.54, 1.807) is 0 Å². The molecule has 2 atom stereocenters. The monoisotopic (exact) mass is 287 g/mol. The van der Waals surface area contributed by atoms with Gasteiger partial charge in [-0.2, -0.15) is 0 Å². The van der Waals surface area contributed by atoms with E-state index in [0.717, 1.165) is 5.56 Å². The third kappa shape index (κ3) is 3.84. The Labute approximate surface area is 124 Å². The summed E-state index contributed by atoms with van der Waals surface area (Å²) in [5.41, 5.74) is 2.03. The molecule has 0 spiro atoms. The van der Waals surface area contributed by atoms with Crippen molar-refractivity contribution in [2.45, 2.75) is 18.2 Å². The van der Waals surface area contributed by atoms with Crippen LogP contribution in [0, 0.1) is 0 Å². The van der Waals surface area contributed by atoms with Crippen molar-refractivity contribution in [1.29, 1.82) is 0 Å². The number of halogens is 1. The Bertz CT molecular complexity index is 541. The Kier molecular flexibility index (Phi) is 5.19. The molecular formula is C17H18ClNO. The van der Waals surface area contributed by atoms with Crippen LogP contribution >= 0.6 is 11.6 Å². The fourth-order valence-corrected chi connectivity index (χ4v) is 2.24. The van der Waals surface area contributed by atoms with E-state index in [9.17, 15) is 4.79 Å². The molecule has 3 heteroatoms. The number of benzene rings is 2. The fourth-order valence-electron chi connectivity index (χ4n) is 2.02. The van der Waals surface area contributed by atoms with Gasteiger partial charge in [0.25, 0.3) is 0 Å². The van der Waals surface area contributed by atoms with Crippen LogP contribution in [-0.4, -0.2) is 12.5 Å². The van der Waals surface area contributed by atoms with Crippen molar-refractivity contribution >= 4 is 17.5 Å². The summed E-state index contributed by atoms with van der Waals surface area (Å²) in [6, 6.07) is 19.5. The summed E-state index contributed by atoms with van der Waals surface area (Å²) in [6.45, 7) is 2.67. The number of carbonyl (C=O) groups excluding carboxylic acids is 1. The molecule has 0 heterocycles. The highest BCUT2D eigenvalue weighted by atomic mass is 35.5. The first-order valence-corrected chi connectivity index (χ1v) is 7.14. The predicted octanol–water partition coefficient (Wildman–Crippen LogP) is 3.89. The van der Waals surface area contributed by atoms with E-state index in [1.807, 2.05) is 48.5 Å². The molecule has 0 fully saturated rings. The van der Waals surface area contributed by atoms with Crippen LogP contribution in [0.15, 0.2) is 60.7 Å². The summed E-state index contributed by atoms with van der Waals surface area (Å²) < 4.78 is 0. The van der Waals surface area contributed by atoms with Crippen molar-refractivity contribution in [2.75, 3.05) is 6.54 Å². The Morgan fingerprint density at radius 3 is 2.05 bits per heavy atom. The molecular weight excluding hydrogens is 270 g/mol. The van der Waals surface area contributed by atoms with E-state index >= 15 is 0 Å². The molecule has 0 saturated carbocycles. The molecule has 1 N–H and O–H groups in total. The van der Waals surface area contributed by atoms with Gasteiger partial charge < -0.3 is 5.32 Å². The molecule has 2 aromatic carbocycles.